The molecule has 0 spiro atoms. The molecule has 0 aliphatic carbocycles. The Morgan fingerprint density at radius 1 is 1.05 bits per heavy atom. The van der Waals surface area contributed by atoms with Crippen LogP contribution in [0.1, 0.15) is 19.4 Å². The topological polar surface area (TPSA) is 151 Å². The third-order valence-corrected chi connectivity index (χ3v) is 1.93. The molecule has 0 aromatic heterocycles. The SMILES string of the molecule is CCNC(=O)O.CCNC(=O)O.NCc1ccccc1N. The first-order chi connectivity index (χ1) is 9.88. The van der Waals surface area contributed by atoms with Gasteiger partial charge in [-0.2, -0.15) is 0 Å². The molecule has 0 unspecified atom stereocenters. The largest absolute Gasteiger partial charge is 0.465 e. The van der Waals surface area contributed by atoms with Gasteiger partial charge in [0.15, 0.2) is 0 Å². The molecule has 21 heavy (non-hydrogen) atoms. The maximum atomic E-state index is 9.49. The summed E-state index contributed by atoms with van der Waals surface area (Å²) in [6.45, 7) is 4.94. The first kappa shape index (κ1) is 20.8. The molecule has 120 valence electrons. The van der Waals surface area contributed by atoms with E-state index < -0.39 is 12.2 Å². The number of hydrogen-bond donors (Lipinski definition) is 6. The van der Waals surface area contributed by atoms with Crippen LogP contribution in [0.25, 0.3) is 0 Å². The number of nitrogens with one attached hydrogen (secondary N) is 2. The third-order valence-electron chi connectivity index (χ3n) is 1.93. The van der Waals surface area contributed by atoms with Gasteiger partial charge in [0.05, 0.1) is 0 Å². The van der Waals surface area contributed by atoms with Crippen LogP contribution in [-0.2, 0) is 6.54 Å². The smallest absolute Gasteiger partial charge is 0.404 e. The van der Waals surface area contributed by atoms with Crippen molar-refractivity contribution in [1.82, 2.24) is 10.6 Å². The molecule has 0 heterocycles. The lowest BCUT2D eigenvalue weighted by Gasteiger charge is -1.98. The highest BCUT2D eigenvalue weighted by Gasteiger charge is 1.90. The minimum Gasteiger partial charge on any atom is -0.465 e. The number of para-hydroxylation sites is 1. The number of rotatable bonds is 3. The van der Waals surface area contributed by atoms with Crippen molar-refractivity contribution in [2.24, 2.45) is 5.73 Å². The molecule has 8 heteroatoms. The van der Waals surface area contributed by atoms with E-state index >= 15 is 0 Å². The highest BCUT2D eigenvalue weighted by atomic mass is 16.4. The van der Waals surface area contributed by atoms with Crippen LogP contribution >= 0.6 is 0 Å². The molecule has 0 bridgehead atoms. The molecule has 2 amide bonds. The number of nitrogens with two attached hydrogens (primary N) is 2. The highest BCUT2D eigenvalue weighted by molar-refractivity contribution is 5.64. The zero-order chi connectivity index (χ0) is 16.7. The van der Waals surface area contributed by atoms with Gasteiger partial charge in [0.1, 0.15) is 0 Å². The molecular formula is C13H24N4O4. The Kier molecular flexibility index (Phi) is 13.8. The number of amides is 2. The highest BCUT2D eigenvalue weighted by Crippen LogP contribution is 2.07. The quantitative estimate of drug-likeness (QED) is 0.463. The van der Waals surface area contributed by atoms with Gasteiger partial charge in [0, 0.05) is 25.3 Å². The predicted octanol–water partition coefficient (Wildman–Crippen LogP) is 1.28. The van der Waals surface area contributed by atoms with Crippen molar-refractivity contribution >= 4 is 17.9 Å². The molecule has 0 saturated carbocycles. The fraction of sp³-hybridized carbons (Fsp3) is 0.385. The Balaban J connectivity index is 0. The van der Waals surface area contributed by atoms with Crippen molar-refractivity contribution in [3.8, 4) is 0 Å². The van der Waals surface area contributed by atoms with Gasteiger partial charge in [-0.25, -0.2) is 9.59 Å². The second kappa shape index (κ2) is 13.9. The van der Waals surface area contributed by atoms with E-state index in [1.165, 1.54) is 0 Å². The Labute approximate surface area is 124 Å². The summed E-state index contributed by atoms with van der Waals surface area (Å²) in [6.07, 6.45) is -1.92. The molecule has 0 atom stereocenters. The Morgan fingerprint density at radius 2 is 1.48 bits per heavy atom. The van der Waals surface area contributed by atoms with Crippen LogP contribution in [0.4, 0.5) is 15.3 Å². The summed E-state index contributed by atoms with van der Waals surface area (Å²) in [5, 5.41) is 19.9. The van der Waals surface area contributed by atoms with Crippen LogP contribution in [-0.4, -0.2) is 35.5 Å². The van der Waals surface area contributed by atoms with Crippen molar-refractivity contribution < 1.29 is 19.8 Å². The van der Waals surface area contributed by atoms with Gasteiger partial charge in [-0.15, -0.1) is 0 Å². The van der Waals surface area contributed by atoms with Gasteiger partial charge in [-0.1, -0.05) is 18.2 Å². The van der Waals surface area contributed by atoms with Crippen LogP contribution in [0.5, 0.6) is 0 Å². The van der Waals surface area contributed by atoms with E-state index in [1.807, 2.05) is 24.3 Å². The van der Waals surface area contributed by atoms with E-state index in [1.54, 1.807) is 13.8 Å². The normalized spacial score (nSPS) is 8.33. The number of nitrogen functional groups attached to an aromatic ring is 1. The molecular weight excluding hydrogens is 276 g/mol. The van der Waals surface area contributed by atoms with Crippen LogP contribution in [0.15, 0.2) is 24.3 Å². The number of hydrogen-bond acceptors (Lipinski definition) is 4. The van der Waals surface area contributed by atoms with E-state index in [0.717, 1.165) is 11.3 Å². The maximum absolute atomic E-state index is 9.49. The average molecular weight is 300 g/mol. The number of anilines is 1. The fourth-order valence-corrected chi connectivity index (χ4v) is 1.02. The van der Waals surface area contributed by atoms with Crippen LogP contribution < -0.4 is 22.1 Å². The second-order valence-electron chi connectivity index (χ2n) is 3.57. The van der Waals surface area contributed by atoms with E-state index in [2.05, 4.69) is 10.6 Å². The van der Waals surface area contributed by atoms with E-state index in [0.29, 0.717) is 19.6 Å². The summed E-state index contributed by atoms with van der Waals surface area (Å²) in [7, 11) is 0. The summed E-state index contributed by atoms with van der Waals surface area (Å²) >= 11 is 0. The number of benzene rings is 1. The summed E-state index contributed by atoms with van der Waals surface area (Å²) in [6, 6.07) is 7.60. The van der Waals surface area contributed by atoms with Gasteiger partial charge < -0.3 is 32.3 Å². The average Bonchev–Trinajstić information content (AvgIpc) is 2.40. The van der Waals surface area contributed by atoms with Gasteiger partial charge >= 0.3 is 12.2 Å². The van der Waals surface area contributed by atoms with Crippen LogP contribution in [0.3, 0.4) is 0 Å². The van der Waals surface area contributed by atoms with Gasteiger partial charge in [-0.05, 0) is 25.5 Å². The number of carboxylic acid groups (broad SMARTS) is 2. The lowest BCUT2D eigenvalue weighted by atomic mass is 10.2. The first-order valence-electron chi connectivity index (χ1n) is 6.35. The summed E-state index contributed by atoms with van der Waals surface area (Å²) < 4.78 is 0. The molecule has 8 N–H and O–H groups in total. The lowest BCUT2D eigenvalue weighted by Crippen LogP contribution is -2.19. The van der Waals surface area contributed by atoms with Gasteiger partial charge in [0.2, 0.25) is 0 Å². The van der Waals surface area contributed by atoms with Crippen molar-refractivity contribution in [2.45, 2.75) is 20.4 Å². The van der Waals surface area contributed by atoms with Crippen molar-refractivity contribution in [3.63, 3.8) is 0 Å². The molecule has 1 rings (SSSR count). The Hall–Kier alpha value is -2.48. The fourth-order valence-electron chi connectivity index (χ4n) is 1.02. The molecule has 0 aliphatic heterocycles. The van der Waals surface area contributed by atoms with Crippen LogP contribution in [0.2, 0.25) is 0 Å². The van der Waals surface area contributed by atoms with Crippen molar-refractivity contribution in [2.75, 3.05) is 18.8 Å². The zero-order valence-electron chi connectivity index (χ0n) is 12.3. The summed E-state index contributed by atoms with van der Waals surface area (Å²) in [5.41, 5.74) is 12.7. The second-order valence-corrected chi connectivity index (χ2v) is 3.57. The molecule has 1 aromatic carbocycles. The molecule has 1 aromatic rings. The predicted molar refractivity (Wildman–Crippen MR) is 82.1 cm³/mol. The third kappa shape index (κ3) is 15.5. The first-order valence-corrected chi connectivity index (χ1v) is 6.35. The minimum absolute atomic E-state index is 0.481. The Morgan fingerprint density at radius 3 is 1.67 bits per heavy atom. The molecule has 0 radical (unpaired) electrons. The monoisotopic (exact) mass is 300 g/mol. The standard InChI is InChI=1S/C7H10N2.2C3H7NO2/c8-5-6-3-1-2-4-7(6)9;2*1-2-4-3(5)6/h1-4H,5,8-9H2;2*4H,2H2,1H3,(H,5,6). The Bertz CT molecular complexity index is 397. The molecule has 0 saturated heterocycles. The molecule has 0 aliphatic rings. The van der Waals surface area contributed by atoms with Crippen LogP contribution in [0, 0.1) is 0 Å². The maximum Gasteiger partial charge on any atom is 0.404 e. The zero-order valence-corrected chi connectivity index (χ0v) is 12.3. The van der Waals surface area contributed by atoms with Gasteiger partial charge in [0.25, 0.3) is 0 Å². The van der Waals surface area contributed by atoms with E-state index in [-0.39, 0.29) is 0 Å². The van der Waals surface area contributed by atoms with Gasteiger partial charge in [-0.3, -0.25) is 0 Å². The van der Waals surface area contributed by atoms with Crippen molar-refractivity contribution in [1.29, 1.82) is 0 Å². The lowest BCUT2D eigenvalue weighted by molar-refractivity contribution is 0.194. The number of carbonyl (C=O) groups is 2. The molecule has 8 nitrogen and oxygen atoms in total. The van der Waals surface area contributed by atoms with Crippen molar-refractivity contribution in [3.05, 3.63) is 29.8 Å². The summed E-state index contributed by atoms with van der Waals surface area (Å²) in [5.74, 6) is 0. The summed E-state index contributed by atoms with van der Waals surface area (Å²) in [4.78, 5) is 19.0. The van der Waals surface area contributed by atoms with E-state index in [4.69, 9.17) is 21.7 Å². The molecule has 0 fully saturated rings. The minimum atomic E-state index is -0.961. The van der Waals surface area contributed by atoms with E-state index in [9.17, 15) is 9.59 Å².